The second kappa shape index (κ2) is 4.21. The lowest BCUT2D eigenvalue weighted by molar-refractivity contribution is 0.187. The van der Waals surface area contributed by atoms with Gasteiger partial charge in [0.25, 0.3) is 0 Å². The SMILES string of the molecule is Nc1ccc(NCC2CCOC2)c2nonc12. The number of fused-ring (bicyclic) bond motifs is 1. The number of hydrogen-bond acceptors (Lipinski definition) is 6. The summed E-state index contributed by atoms with van der Waals surface area (Å²) < 4.78 is 10.0. The number of nitrogens with zero attached hydrogens (tertiary/aromatic N) is 2. The van der Waals surface area contributed by atoms with Gasteiger partial charge in [0.2, 0.25) is 0 Å². The van der Waals surface area contributed by atoms with Crippen molar-refractivity contribution in [2.45, 2.75) is 6.42 Å². The highest BCUT2D eigenvalue weighted by molar-refractivity contribution is 5.94. The molecule has 1 atom stereocenters. The van der Waals surface area contributed by atoms with Crippen molar-refractivity contribution < 1.29 is 9.37 Å². The van der Waals surface area contributed by atoms with Crippen LogP contribution in [0.4, 0.5) is 11.4 Å². The van der Waals surface area contributed by atoms with E-state index in [-0.39, 0.29) is 0 Å². The average molecular weight is 234 g/mol. The first kappa shape index (κ1) is 10.3. The maximum Gasteiger partial charge on any atom is 0.160 e. The Morgan fingerprint density at radius 2 is 2.24 bits per heavy atom. The Bertz CT molecular complexity index is 519. The lowest BCUT2D eigenvalue weighted by Gasteiger charge is -2.10. The zero-order chi connectivity index (χ0) is 11.7. The van der Waals surface area contributed by atoms with Gasteiger partial charge in [-0.15, -0.1) is 0 Å². The van der Waals surface area contributed by atoms with Crippen molar-refractivity contribution in [3.05, 3.63) is 12.1 Å². The van der Waals surface area contributed by atoms with Crippen LogP contribution < -0.4 is 11.1 Å². The van der Waals surface area contributed by atoms with Crippen LogP contribution in [0, 0.1) is 5.92 Å². The van der Waals surface area contributed by atoms with E-state index in [1.807, 2.05) is 6.07 Å². The molecule has 1 aliphatic heterocycles. The highest BCUT2D eigenvalue weighted by atomic mass is 16.6. The molecule has 1 aromatic carbocycles. The number of rotatable bonds is 3. The Hall–Kier alpha value is -1.82. The van der Waals surface area contributed by atoms with E-state index in [1.54, 1.807) is 6.07 Å². The fraction of sp³-hybridized carbons (Fsp3) is 0.455. The van der Waals surface area contributed by atoms with Gasteiger partial charge in [-0.2, -0.15) is 0 Å². The number of ether oxygens (including phenoxy) is 1. The maximum atomic E-state index is 5.78. The second-order valence-electron chi connectivity index (χ2n) is 4.27. The van der Waals surface area contributed by atoms with Crippen molar-refractivity contribution >= 4 is 22.4 Å². The summed E-state index contributed by atoms with van der Waals surface area (Å²) in [7, 11) is 0. The monoisotopic (exact) mass is 234 g/mol. The normalized spacial score (nSPS) is 19.9. The fourth-order valence-electron chi connectivity index (χ4n) is 2.03. The van der Waals surface area contributed by atoms with Crippen LogP contribution in [-0.4, -0.2) is 30.1 Å². The molecule has 1 aliphatic rings. The predicted molar refractivity (Wildman–Crippen MR) is 63.6 cm³/mol. The number of aromatic nitrogens is 2. The molecule has 2 heterocycles. The molecule has 3 N–H and O–H groups in total. The van der Waals surface area contributed by atoms with Crippen LogP contribution in [0.3, 0.4) is 0 Å². The standard InChI is InChI=1S/C11H14N4O2/c12-8-1-2-9(11-10(8)14-17-15-11)13-5-7-3-4-16-6-7/h1-2,7,13H,3-6,12H2. The molecule has 17 heavy (non-hydrogen) atoms. The van der Waals surface area contributed by atoms with E-state index in [9.17, 15) is 0 Å². The number of anilines is 2. The van der Waals surface area contributed by atoms with Gasteiger partial charge in [0.1, 0.15) is 0 Å². The second-order valence-corrected chi connectivity index (χ2v) is 4.27. The zero-order valence-electron chi connectivity index (χ0n) is 9.35. The zero-order valence-corrected chi connectivity index (χ0v) is 9.35. The highest BCUT2D eigenvalue weighted by Crippen LogP contribution is 2.25. The van der Waals surface area contributed by atoms with Crippen molar-refractivity contribution in [1.82, 2.24) is 10.3 Å². The van der Waals surface area contributed by atoms with Crippen LogP contribution in [0.25, 0.3) is 11.0 Å². The van der Waals surface area contributed by atoms with Gasteiger partial charge in [0.05, 0.1) is 18.0 Å². The van der Waals surface area contributed by atoms with Gasteiger partial charge < -0.3 is 15.8 Å². The average Bonchev–Trinajstić information content (AvgIpc) is 2.99. The highest BCUT2D eigenvalue weighted by Gasteiger charge is 2.16. The number of nitrogen functional groups attached to an aromatic ring is 1. The summed E-state index contributed by atoms with van der Waals surface area (Å²) in [4.78, 5) is 0. The first-order valence-electron chi connectivity index (χ1n) is 5.67. The fourth-order valence-corrected chi connectivity index (χ4v) is 2.03. The minimum absolute atomic E-state index is 0.558. The van der Waals surface area contributed by atoms with E-state index in [2.05, 4.69) is 15.6 Å². The minimum atomic E-state index is 0.558. The Morgan fingerprint density at radius 3 is 3.06 bits per heavy atom. The van der Waals surface area contributed by atoms with Gasteiger partial charge in [-0.3, -0.25) is 0 Å². The predicted octanol–water partition coefficient (Wildman–Crippen LogP) is 1.25. The summed E-state index contributed by atoms with van der Waals surface area (Å²) in [5, 5.41) is 11.0. The third kappa shape index (κ3) is 1.91. The summed E-state index contributed by atoms with van der Waals surface area (Å²) in [6, 6.07) is 3.71. The summed E-state index contributed by atoms with van der Waals surface area (Å²) in [6.07, 6.45) is 1.10. The minimum Gasteiger partial charge on any atom is -0.397 e. The van der Waals surface area contributed by atoms with E-state index in [1.165, 1.54) is 0 Å². The Labute approximate surface area is 98.1 Å². The molecule has 1 fully saturated rings. The van der Waals surface area contributed by atoms with Gasteiger partial charge >= 0.3 is 0 Å². The summed E-state index contributed by atoms with van der Waals surface area (Å²) >= 11 is 0. The van der Waals surface area contributed by atoms with Crippen molar-refractivity contribution in [1.29, 1.82) is 0 Å². The molecule has 6 nitrogen and oxygen atoms in total. The first-order chi connectivity index (χ1) is 8.34. The van der Waals surface area contributed by atoms with E-state index >= 15 is 0 Å². The molecule has 0 aliphatic carbocycles. The number of nitrogens with two attached hydrogens (primary N) is 1. The molecule has 2 aromatic rings. The van der Waals surface area contributed by atoms with E-state index < -0.39 is 0 Å². The lowest BCUT2D eigenvalue weighted by Crippen LogP contribution is -2.14. The molecule has 1 aromatic heterocycles. The van der Waals surface area contributed by atoms with Crippen LogP contribution in [0.1, 0.15) is 6.42 Å². The molecule has 0 spiro atoms. The van der Waals surface area contributed by atoms with Gasteiger partial charge in [-0.25, -0.2) is 4.63 Å². The number of hydrogen-bond donors (Lipinski definition) is 2. The maximum absolute atomic E-state index is 5.78. The molecule has 6 heteroatoms. The molecule has 1 saturated heterocycles. The molecule has 0 amide bonds. The van der Waals surface area contributed by atoms with Crippen LogP contribution in [0.2, 0.25) is 0 Å². The molecular weight excluding hydrogens is 220 g/mol. The Kier molecular flexibility index (Phi) is 2.56. The smallest absolute Gasteiger partial charge is 0.160 e. The van der Waals surface area contributed by atoms with Crippen molar-refractivity contribution in [2.24, 2.45) is 5.92 Å². The van der Waals surface area contributed by atoms with Crippen LogP contribution in [-0.2, 0) is 4.74 Å². The summed E-state index contributed by atoms with van der Waals surface area (Å²) in [5.74, 6) is 0.558. The summed E-state index contributed by atoms with van der Waals surface area (Å²) in [5.41, 5.74) is 8.56. The van der Waals surface area contributed by atoms with Crippen molar-refractivity contribution in [3.63, 3.8) is 0 Å². The molecule has 1 unspecified atom stereocenters. The first-order valence-corrected chi connectivity index (χ1v) is 5.67. The van der Waals surface area contributed by atoms with Crippen LogP contribution in [0.5, 0.6) is 0 Å². The Balaban J connectivity index is 1.80. The molecule has 0 bridgehead atoms. The quantitative estimate of drug-likeness (QED) is 0.777. The largest absolute Gasteiger partial charge is 0.397 e. The van der Waals surface area contributed by atoms with Crippen LogP contribution in [0.15, 0.2) is 16.8 Å². The van der Waals surface area contributed by atoms with E-state index in [0.29, 0.717) is 22.6 Å². The van der Waals surface area contributed by atoms with Crippen LogP contribution >= 0.6 is 0 Å². The van der Waals surface area contributed by atoms with Gasteiger partial charge in [0, 0.05) is 19.1 Å². The summed E-state index contributed by atoms with van der Waals surface area (Å²) in [6.45, 7) is 2.54. The van der Waals surface area contributed by atoms with E-state index in [0.717, 1.165) is 31.9 Å². The topological polar surface area (TPSA) is 86.2 Å². The van der Waals surface area contributed by atoms with E-state index in [4.69, 9.17) is 15.1 Å². The number of nitrogens with one attached hydrogen (secondary N) is 1. The molecule has 0 saturated carbocycles. The molecule has 0 radical (unpaired) electrons. The van der Waals surface area contributed by atoms with Crippen molar-refractivity contribution in [3.8, 4) is 0 Å². The third-order valence-corrected chi connectivity index (χ3v) is 3.05. The lowest BCUT2D eigenvalue weighted by atomic mass is 10.1. The molecule has 3 rings (SSSR count). The van der Waals surface area contributed by atoms with Crippen molar-refractivity contribution in [2.75, 3.05) is 30.8 Å². The third-order valence-electron chi connectivity index (χ3n) is 3.05. The molecule has 90 valence electrons. The number of benzene rings is 1. The van der Waals surface area contributed by atoms with Gasteiger partial charge in [-0.1, -0.05) is 0 Å². The molecular formula is C11H14N4O2. The van der Waals surface area contributed by atoms with Gasteiger partial charge in [-0.05, 0) is 28.9 Å². The Morgan fingerprint density at radius 1 is 1.35 bits per heavy atom. The van der Waals surface area contributed by atoms with Gasteiger partial charge in [0.15, 0.2) is 11.0 Å².